The molecule has 0 aliphatic carbocycles. The lowest BCUT2D eigenvalue weighted by Gasteiger charge is -2.31. The Kier molecular flexibility index (Phi) is 8.27. The number of carbonyl (C=O) groups is 1. The molecular weight excluding hydrogens is 400 g/mol. The normalized spacial score (nSPS) is 20.1. The molecule has 0 spiro atoms. The second-order valence-electron chi connectivity index (χ2n) is 8.55. The van der Waals surface area contributed by atoms with Crippen LogP contribution in [0.4, 0.5) is 0 Å². The summed E-state index contributed by atoms with van der Waals surface area (Å²) in [5, 5.41) is 2.98. The number of hydrogen-bond acceptors (Lipinski definition) is 5. The van der Waals surface area contributed by atoms with Crippen molar-refractivity contribution < 1.29 is 13.2 Å². The van der Waals surface area contributed by atoms with E-state index in [1.54, 1.807) is 12.1 Å². The molecule has 8 heteroatoms. The zero-order chi connectivity index (χ0) is 21.6. The molecule has 2 heterocycles. The van der Waals surface area contributed by atoms with Gasteiger partial charge in [0.15, 0.2) is 0 Å². The average Bonchev–Trinajstić information content (AvgIpc) is 3.00. The maximum atomic E-state index is 13.0. The minimum atomic E-state index is -3.58. The minimum absolute atomic E-state index is 0.196. The molecule has 2 saturated heterocycles. The topological polar surface area (TPSA) is 73.0 Å². The number of carbonyl (C=O) groups excluding carboxylic acids is 1. The van der Waals surface area contributed by atoms with Crippen molar-refractivity contribution in [3.63, 3.8) is 0 Å². The third kappa shape index (κ3) is 6.03. The first-order chi connectivity index (χ1) is 14.4. The lowest BCUT2D eigenvalue weighted by molar-refractivity contribution is 0.0951. The van der Waals surface area contributed by atoms with Crippen LogP contribution in [0.25, 0.3) is 0 Å². The highest BCUT2D eigenvalue weighted by atomic mass is 32.2. The Morgan fingerprint density at radius 2 is 1.67 bits per heavy atom. The summed E-state index contributed by atoms with van der Waals surface area (Å²) in [5.41, 5.74) is 1.23. The van der Waals surface area contributed by atoms with E-state index in [0.29, 0.717) is 25.2 Å². The van der Waals surface area contributed by atoms with Gasteiger partial charge in [-0.15, -0.1) is 0 Å². The number of likely N-dealkylation sites (N-methyl/N-ethyl adjacent to an activating group) is 1. The minimum Gasteiger partial charge on any atom is -0.352 e. The van der Waals surface area contributed by atoms with Crippen molar-refractivity contribution in [2.75, 3.05) is 59.4 Å². The van der Waals surface area contributed by atoms with E-state index in [-0.39, 0.29) is 10.8 Å². The molecule has 0 saturated carbocycles. The summed E-state index contributed by atoms with van der Waals surface area (Å²) in [6, 6.07) is 4.88. The van der Waals surface area contributed by atoms with Gasteiger partial charge in [0.1, 0.15) is 0 Å². The summed E-state index contributed by atoms with van der Waals surface area (Å²) in [7, 11) is -1.59. The highest BCUT2D eigenvalue weighted by molar-refractivity contribution is 7.89. The molecule has 0 radical (unpaired) electrons. The molecule has 30 heavy (non-hydrogen) atoms. The highest BCUT2D eigenvalue weighted by Gasteiger charge is 2.28. The molecule has 1 aromatic rings. The van der Waals surface area contributed by atoms with E-state index in [0.717, 1.165) is 44.7 Å². The van der Waals surface area contributed by atoms with E-state index in [2.05, 4.69) is 15.1 Å². The maximum absolute atomic E-state index is 13.0. The molecule has 2 fully saturated rings. The largest absolute Gasteiger partial charge is 0.352 e. The van der Waals surface area contributed by atoms with E-state index in [4.69, 9.17) is 0 Å². The number of nitrogens with zero attached hydrogens (tertiary/aromatic N) is 3. The van der Waals surface area contributed by atoms with Crippen LogP contribution in [-0.4, -0.2) is 87.8 Å². The molecule has 1 amide bonds. The number of benzene rings is 1. The monoisotopic (exact) mass is 436 g/mol. The van der Waals surface area contributed by atoms with Crippen molar-refractivity contribution in [1.82, 2.24) is 19.4 Å². The SMILES string of the molecule is Cc1ccc(S(=O)(=O)N2CCN(C)CC2)cc1C(=O)NCCCN1CCCCCC1. The lowest BCUT2D eigenvalue weighted by Crippen LogP contribution is -2.47. The fraction of sp³-hybridized carbons (Fsp3) is 0.682. The third-order valence-electron chi connectivity index (χ3n) is 6.19. The van der Waals surface area contributed by atoms with Crippen LogP contribution in [0.3, 0.4) is 0 Å². The van der Waals surface area contributed by atoms with Gasteiger partial charge in [0.2, 0.25) is 10.0 Å². The van der Waals surface area contributed by atoms with Crippen LogP contribution in [0.2, 0.25) is 0 Å². The molecular formula is C22H36N4O3S. The fourth-order valence-electron chi connectivity index (χ4n) is 4.14. The van der Waals surface area contributed by atoms with Gasteiger partial charge in [0, 0.05) is 38.3 Å². The van der Waals surface area contributed by atoms with Crippen molar-refractivity contribution in [1.29, 1.82) is 0 Å². The average molecular weight is 437 g/mol. The van der Waals surface area contributed by atoms with Crippen LogP contribution in [-0.2, 0) is 10.0 Å². The van der Waals surface area contributed by atoms with Gasteiger partial charge in [-0.05, 0) is 70.6 Å². The summed E-state index contributed by atoms with van der Waals surface area (Å²) >= 11 is 0. The molecule has 0 atom stereocenters. The van der Waals surface area contributed by atoms with Gasteiger partial charge < -0.3 is 15.1 Å². The molecule has 1 N–H and O–H groups in total. The molecule has 168 valence electrons. The Bertz CT molecular complexity index is 812. The van der Waals surface area contributed by atoms with Crippen LogP contribution < -0.4 is 5.32 Å². The van der Waals surface area contributed by atoms with Crippen LogP contribution in [0.15, 0.2) is 23.1 Å². The van der Waals surface area contributed by atoms with Gasteiger partial charge in [0.05, 0.1) is 4.90 Å². The number of likely N-dealkylation sites (tertiary alicyclic amines) is 1. The van der Waals surface area contributed by atoms with Crippen molar-refractivity contribution in [3.05, 3.63) is 29.3 Å². The second kappa shape index (κ2) is 10.7. The Morgan fingerprint density at radius 3 is 2.33 bits per heavy atom. The van der Waals surface area contributed by atoms with Crippen molar-refractivity contribution in [2.24, 2.45) is 0 Å². The summed E-state index contributed by atoms with van der Waals surface area (Å²) in [6.45, 7) is 8.14. The molecule has 3 rings (SSSR count). The molecule has 2 aliphatic rings. The predicted molar refractivity (Wildman–Crippen MR) is 119 cm³/mol. The smallest absolute Gasteiger partial charge is 0.251 e. The van der Waals surface area contributed by atoms with Gasteiger partial charge in [0.25, 0.3) is 5.91 Å². The Balaban J connectivity index is 1.58. The summed E-state index contributed by atoms with van der Waals surface area (Å²) in [4.78, 5) is 17.5. The van der Waals surface area contributed by atoms with E-state index >= 15 is 0 Å². The number of nitrogens with one attached hydrogen (secondary N) is 1. The molecule has 2 aliphatic heterocycles. The number of aryl methyl sites for hydroxylation is 1. The molecule has 0 bridgehead atoms. The van der Waals surface area contributed by atoms with Crippen LogP contribution in [0.5, 0.6) is 0 Å². The number of piperazine rings is 1. The molecule has 0 aromatic heterocycles. The maximum Gasteiger partial charge on any atom is 0.251 e. The first-order valence-electron chi connectivity index (χ1n) is 11.2. The molecule has 7 nitrogen and oxygen atoms in total. The number of rotatable bonds is 7. The third-order valence-corrected chi connectivity index (χ3v) is 8.08. The fourth-order valence-corrected chi connectivity index (χ4v) is 5.59. The zero-order valence-electron chi connectivity index (χ0n) is 18.4. The van der Waals surface area contributed by atoms with Crippen LogP contribution >= 0.6 is 0 Å². The van der Waals surface area contributed by atoms with Gasteiger partial charge >= 0.3 is 0 Å². The summed E-state index contributed by atoms with van der Waals surface area (Å²) < 4.78 is 27.5. The lowest BCUT2D eigenvalue weighted by atomic mass is 10.1. The predicted octanol–water partition coefficient (Wildman–Crippen LogP) is 1.93. The van der Waals surface area contributed by atoms with Crippen LogP contribution in [0.1, 0.15) is 48.0 Å². The summed E-state index contributed by atoms with van der Waals surface area (Å²) in [5.74, 6) is -0.196. The van der Waals surface area contributed by atoms with Gasteiger partial charge in [-0.1, -0.05) is 18.9 Å². The second-order valence-corrected chi connectivity index (χ2v) is 10.5. The number of amides is 1. The summed E-state index contributed by atoms with van der Waals surface area (Å²) in [6.07, 6.45) is 6.07. The molecule has 0 unspecified atom stereocenters. The van der Waals surface area contributed by atoms with Gasteiger partial charge in [-0.25, -0.2) is 8.42 Å². The standard InChI is InChI=1S/C22H36N4O3S/c1-19-8-9-20(30(28,29)26-16-14-24(2)15-17-26)18-21(19)22(27)23-10-7-13-25-11-5-3-4-6-12-25/h8-9,18H,3-7,10-17H2,1-2H3,(H,23,27). The first kappa shape index (κ1) is 23.2. The van der Waals surface area contributed by atoms with E-state index in [9.17, 15) is 13.2 Å². The van der Waals surface area contributed by atoms with E-state index in [1.807, 2.05) is 14.0 Å². The van der Waals surface area contributed by atoms with E-state index in [1.165, 1.54) is 36.1 Å². The Hall–Kier alpha value is -1.48. The number of hydrogen-bond donors (Lipinski definition) is 1. The van der Waals surface area contributed by atoms with E-state index < -0.39 is 10.0 Å². The Morgan fingerprint density at radius 1 is 1.00 bits per heavy atom. The molecule has 1 aromatic carbocycles. The quantitative estimate of drug-likeness (QED) is 0.661. The van der Waals surface area contributed by atoms with Crippen molar-refractivity contribution in [3.8, 4) is 0 Å². The number of sulfonamides is 1. The first-order valence-corrected chi connectivity index (χ1v) is 12.6. The van der Waals surface area contributed by atoms with Gasteiger partial charge in [-0.2, -0.15) is 4.31 Å². The van der Waals surface area contributed by atoms with Crippen LogP contribution in [0, 0.1) is 6.92 Å². The van der Waals surface area contributed by atoms with Crippen molar-refractivity contribution >= 4 is 15.9 Å². The van der Waals surface area contributed by atoms with Crippen molar-refractivity contribution in [2.45, 2.75) is 43.9 Å². The van der Waals surface area contributed by atoms with Gasteiger partial charge in [-0.3, -0.25) is 4.79 Å². The Labute approximate surface area is 181 Å². The highest BCUT2D eigenvalue weighted by Crippen LogP contribution is 2.21. The zero-order valence-corrected chi connectivity index (χ0v) is 19.2.